The van der Waals surface area contributed by atoms with Crippen LogP contribution < -0.4 is 14.8 Å². The van der Waals surface area contributed by atoms with Crippen molar-refractivity contribution < 1.29 is 34.6 Å². The van der Waals surface area contributed by atoms with Crippen molar-refractivity contribution in [3.63, 3.8) is 0 Å². The number of aliphatic hydroxyl groups is 4. The Morgan fingerprint density at radius 1 is 1.15 bits per heavy atom. The fourth-order valence-corrected chi connectivity index (χ4v) is 4.10. The molecule has 0 aliphatic carbocycles. The second kappa shape index (κ2) is 9.49. The number of aliphatic hydroxyl groups excluding tert-OH is 4. The number of nitrogens with one attached hydrogen (secondary N) is 1. The number of rotatable bonds is 8. The Bertz CT molecular complexity index is 1120. The molecule has 1 aliphatic heterocycles. The molecular formula is C22H28N4O7. The number of hydrogen-bond acceptors (Lipinski definition) is 10. The van der Waals surface area contributed by atoms with Crippen LogP contribution in [0.4, 0.5) is 5.69 Å². The van der Waals surface area contributed by atoms with E-state index in [1.165, 1.54) is 0 Å². The van der Waals surface area contributed by atoms with Gasteiger partial charge in [0, 0.05) is 24.4 Å². The molecule has 33 heavy (non-hydrogen) atoms. The van der Waals surface area contributed by atoms with E-state index >= 15 is 0 Å². The van der Waals surface area contributed by atoms with Crippen LogP contribution >= 0.6 is 0 Å². The number of fused-ring (bicyclic) bond motifs is 1. The van der Waals surface area contributed by atoms with Gasteiger partial charge in [0.2, 0.25) is 0 Å². The predicted octanol–water partition coefficient (Wildman–Crippen LogP) is 0.689. The van der Waals surface area contributed by atoms with Gasteiger partial charge < -0.3 is 44.5 Å². The van der Waals surface area contributed by atoms with Crippen LogP contribution in [-0.4, -0.2) is 73.8 Å². The van der Waals surface area contributed by atoms with Crippen LogP contribution in [0.25, 0.3) is 11.0 Å². The molecule has 1 unspecified atom stereocenters. The summed E-state index contributed by atoms with van der Waals surface area (Å²) in [5, 5.41) is 43.3. The molecule has 2 aromatic heterocycles. The number of methoxy groups -OCH3 is 2. The minimum Gasteiger partial charge on any atom is -0.493 e. The van der Waals surface area contributed by atoms with E-state index in [1.54, 1.807) is 38.0 Å². The van der Waals surface area contributed by atoms with Crippen LogP contribution in [0.15, 0.2) is 30.5 Å². The zero-order chi connectivity index (χ0) is 23.7. The maximum atomic E-state index is 10.8. The molecule has 4 rings (SSSR count). The maximum absolute atomic E-state index is 10.8. The molecule has 178 valence electrons. The third kappa shape index (κ3) is 4.45. The topological polar surface area (TPSA) is 151 Å². The van der Waals surface area contributed by atoms with Gasteiger partial charge in [-0.3, -0.25) is 4.98 Å². The first-order valence-electron chi connectivity index (χ1n) is 10.5. The number of imidazole rings is 1. The molecule has 1 saturated heterocycles. The lowest BCUT2D eigenvalue weighted by atomic mass is 10.1. The highest BCUT2D eigenvalue weighted by Gasteiger charge is 2.42. The van der Waals surface area contributed by atoms with Crippen molar-refractivity contribution in [2.45, 2.75) is 50.7 Å². The van der Waals surface area contributed by atoms with Gasteiger partial charge in [0.25, 0.3) is 0 Å². The number of nitrogens with zero attached hydrogens (tertiary/aromatic N) is 3. The summed E-state index contributed by atoms with van der Waals surface area (Å²) in [7, 11) is 3.13. The van der Waals surface area contributed by atoms with Gasteiger partial charge in [0.1, 0.15) is 30.0 Å². The number of anilines is 1. The summed E-state index contributed by atoms with van der Waals surface area (Å²) < 4.78 is 17.5. The van der Waals surface area contributed by atoms with Crippen molar-refractivity contribution in [3.05, 3.63) is 42.0 Å². The van der Waals surface area contributed by atoms with Gasteiger partial charge in [-0.25, -0.2) is 4.98 Å². The molecule has 1 aliphatic rings. The van der Waals surface area contributed by atoms with Crippen molar-refractivity contribution >= 4 is 16.7 Å². The highest BCUT2D eigenvalue weighted by molar-refractivity contribution is 5.80. The third-order valence-electron chi connectivity index (χ3n) is 5.77. The van der Waals surface area contributed by atoms with Gasteiger partial charge in [0.15, 0.2) is 17.8 Å². The van der Waals surface area contributed by atoms with Gasteiger partial charge in [-0.2, -0.15) is 0 Å². The quantitative estimate of drug-likeness (QED) is 0.325. The molecule has 0 saturated carbocycles. The van der Waals surface area contributed by atoms with Gasteiger partial charge in [0.05, 0.1) is 37.9 Å². The number of pyridine rings is 1. The lowest BCUT2D eigenvalue weighted by molar-refractivity contribution is -0.134. The lowest BCUT2D eigenvalue weighted by Crippen LogP contribution is -2.33. The van der Waals surface area contributed by atoms with E-state index in [4.69, 9.17) is 14.2 Å². The summed E-state index contributed by atoms with van der Waals surface area (Å²) in [6, 6.07) is 7.26. The van der Waals surface area contributed by atoms with Crippen LogP contribution in [0.2, 0.25) is 0 Å². The van der Waals surface area contributed by atoms with Crippen molar-refractivity contribution in [2.75, 3.05) is 19.5 Å². The molecule has 0 amide bonds. The molecular weight excluding hydrogens is 432 g/mol. The molecule has 3 heterocycles. The summed E-state index contributed by atoms with van der Waals surface area (Å²) in [5.74, 6) is 1.72. The Labute approximate surface area is 190 Å². The Kier molecular flexibility index (Phi) is 6.68. The molecule has 3 aromatic rings. The molecule has 0 bridgehead atoms. The monoisotopic (exact) mass is 460 g/mol. The first-order chi connectivity index (χ1) is 15.8. The number of benzene rings is 1. The van der Waals surface area contributed by atoms with Crippen molar-refractivity contribution in [2.24, 2.45) is 0 Å². The van der Waals surface area contributed by atoms with E-state index in [0.29, 0.717) is 40.6 Å². The average molecular weight is 460 g/mol. The fourth-order valence-electron chi connectivity index (χ4n) is 4.10. The highest BCUT2D eigenvalue weighted by atomic mass is 16.6. The van der Waals surface area contributed by atoms with Crippen LogP contribution in [0.1, 0.15) is 24.2 Å². The Balaban J connectivity index is 1.51. The maximum Gasteiger partial charge on any atom is 0.184 e. The molecule has 1 aromatic carbocycles. The number of ether oxygens (including phenoxy) is 3. The SMILES string of the molecule is COc1ccnc(CNc2ccc3c(c2)nc(C)n3C(O)C[C@H]2O[C@H](O)[C@@H](O)[C@H]2O)c1OC. The Morgan fingerprint density at radius 3 is 2.61 bits per heavy atom. The fraction of sp³-hybridized carbons (Fsp3) is 0.455. The van der Waals surface area contributed by atoms with Crippen LogP contribution in [0.5, 0.6) is 11.5 Å². The smallest absolute Gasteiger partial charge is 0.184 e. The second-order valence-electron chi connectivity index (χ2n) is 7.84. The van der Waals surface area contributed by atoms with E-state index in [1.807, 2.05) is 18.2 Å². The van der Waals surface area contributed by atoms with Gasteiger partial charge in [-0.15, -0.1) is 0 Å². The zero-order valence-electron chi connectivity index (χ0n) is 18.5. The van der Waals surface area contributed by atoms with Gasteiger partial charge >= 0.3 is 0 Å². The third-order valence-corrected chi connectivity index (χ3v) is 5.77. The van der Waals surface area contributed by atoms with Gasteiger partial charge in [-0.05, 0) is 25.1 Å². The lowest BCUT2D eigenvalue weighted by Gasteiger charge is -2.21. The molecule has 0 spiro atoms. The standard InChI is InChI=1S/C22H28N4O7/c1-11-25-13-8-12(24-10-14-21(32-3)16(31-2)6-7-23-14)4-5-15(13)26(11)18(27)9-17-19(28)20(29)22(30)33-17/h4-8,17-20,22,24,27-30H,9-10H2,1-3H3/t17-,18?,19+,20+,22+/m1/s1. The number of aryl methyl sites for hydroxylation is 1. The first-order valence-corrected chi connectivity index (χ1v) is 10.5. The summed E-state index contributed by atoms with van der Waals surface area (Å²) in [4.78, 5) is 8.89. The summed E-state index contributed by atoms with van der Waals surface area (Å²) in [6.45, 7) is 2.16. The molecule has 5 N–H and O–H groups in total. The largest absolute Gasteiger partial charge is 0.493 e. The highest BCUT2D eigenvalue weighted by Crippen LogP contribution is 2.31. The first kappa shape index (κ1) is 23.2. The predicted molar refractivity (Wildman–Crippen MR) is 118 cm³/mol. The summed E-state index contributed by atoms with van der Waals surface area (Å²) >= 11 is 0. The van der Waals surface area contributed by atoms with Crippen LogP contribution in [0, 0.1) is 6.92 Å². The van der Waals surface area contributed by atoms with E-state index in [0.717, 1.165) is 5.69 Å². The van der Waals surface area contributed by atoms with E-state index in [9.17, 15) is 20.4 Å². The second-order valence-corrected chi connectivity index (χ2v) is 7.84. The van der Waals surface area contributed by atoms with Crippen molar-refractivity contribution in [1.29, 1.82) is 0 Å². The van der Waals surface area contributed by atoms with Crippen LogP contribution in [-0.2, 0) is 11.3 Å². The van der Waals surface area contributed by atoms with E-state index < -0.39 is 30.8 Å². The summed E-state index contributed by atoms with van der Waals surface area (Å²) in [6.07, 6.45) is -4.54. The van der Waals surface area contributed by atoms with Crippen molar-refractivity contribution in [3.8, 4) is 11.5 Å². The number of hydrogen-bond donors (Lipinski definition) is 5. The Morgan fingerprint density at radius 2 is 1.94 bits per heavy atom. The molecule has 1 fully saturated rings. The van der Waals surface area contributed by atoms with E-state index in [-0.39, 0.29) is 6.42 Å². The minimum absolute atomic E-state index is 0.0249. The summed E-state index contributed by atoms with van der Waals surface area (Å²) in [5.41, 5.74) is 2.84. The van der Waals surface area contributed by atoms with Gasteiger partial charge in [-0.1, -0.05) is 0 Å². The average Bonchev–Trinajstić information content (AvgIpc) is 3.26. The van der Waals surface area contributed by atoms with E-state index in [2.05, 4.69) is 15.3 Å². The molecule has 0 radical (unpaired) electrons. The number of aromatic nitrogens is 3. The van der Waals surface area contributed by atoms with Crippen LogP contribution in [0.3, 0.4) is 0 Å². The van der Waals surface area contributed by atoms with Crippen molar-refractivity contribution in [1.82, 2.24) is 14.5 Å². The molecule has 11 nitrogen and oxygen atoms in total. The molecule has 5 atom stereocenters. The molecule has 11 heteroatoms. The Hall–Kier alpha value is -2.96. The normalized spacial score (nSPS) is 23.6. The zero-order valence-corrected chi connectivity index (χ0v) is 18.5. The minimum atomic E-state index is -1.48.